The van der Waals surface area contributed by atoms with Gasteiger partial charge in [0.2, 0.25) is 0 Å². The molecular formula is C28H26N2O3. The molecule has 3 aromatic rings. The molecule has 3 aromatic carbocycles. The molecule has 0 bridgehead atoms. The van der Waals surface area contributed by atoms with Crippen LogP contribution in [-0.2, 0) is 20.9 Å². The van der Waals surface area contributed by atoms with Crippen molar-refractivity contribution in [3.8, 4) is 11.1 Å². The Kier molecular flexibility index (Phi) is 6.41. The predicted molar refractivity (Wildman–Crippen MR) is 132 cm³/mol. The molecule has 0 fully saturated rings. The Balaban J connectivity index is 1.97. The zero-order valence-electron chi connectivity index (χ0n) is 19.0. The minimum absolute atomic E-state index is 0.202. The van der Waals surface area contributed by atoms with E-state index in [0.717, 1.165) is 33.4 Å². The fraction of sp³-hybridized carbons (Fsp3) is 0.143. The third-order valence-electron chi connectivity index (χ3n) is 5.42. The van der Waals surface area contributed by atoms with Gasteiger partial charge in [-0.05, 0) is 42.2 Å². The average molecular weight is 439 g/mol. The molecule has 5 heteroatoms. The number of esters is 1. The summed E-state index contributed by atoms with van der Waals surface area (Å²) in [6.07, 6.45) is 1.62. The van der Waals surface area contributed by atoms with E-state index in [9.17, 15) is 4.79 Å². The van der Waals surface area contributed by atoms with E-state index >= 15 is 0 Å². The summed E-state index contributed by atoms with van der Waals surface area (Å²) < 4.78 is 11.4. The van der Waals surface area contributed by atoms with E-state index in [0.29, 0.717) is 18.1 Å². The Bertz CT molecular complexity index is 1240. The van der Waals surface area contributed by atoms with Crippen LogP contribution in [0.4, 0.5) is 0 Å². The van der Waals surface area contributed by atoms with Crippen molar-refractivity contribution in [3.63, 3.8) is 0 Å². The second-order valence-electron chi connectivity index (χ2n) is 7.68. The van der Waals surface area contributed by atoms with E-state index in [-0.39, 0.29) is 5.70 Å². The molecule has 0 N–H and O–H groups in total. The zero-order chi connectivity index (χ0) is 23.4. The van der Waals surface area contributed by atoms with Gasteiger partial charge in [-0.3, -0.25) is 0 Å². The highest BCUT2D eigenvalue weighted by atomic mass is 16.5. The van der Waals surface area contributed by atoms with Crippen LogP contribution in [0.1, 0.15) is 29.2 Å². The first-order valence-electron chi connectivity index (χ1n) is 10.7. The number of ether oxygens (including phenoxy) is 2. The van der Waals surface area contributed by atoms with Crippen LogP contribution in [0, 0.1) is 6.92 Å². The number of methoxy groups -OCH3 is 1. The van der Waals surface area contributed by atoms with Gasteiger partial charge in [-0.1, -0.05) is 73.3 Å². The van der Waals surface area contributed by atoms with Gasteiger partial charge in [0.1, 0.15) is 6.61 Å². The van der Waals surface area contributed by atoms with Crippen molar-refractivity contribution in [1.82, 2.24) is 5.01 Å². The van der Waals surface area contributed by atoms with E-state index in [1.165, 1.54) is 12.1 Å². The molecule has 1 aliphatic rings. The van der Waals surface area contributed by atoms with Gasteiger partial charge in [-0.15, -0.1) is 0 Å². The number of nitrogens with zero attached hydrogens (tertiary/aromatic N) is 2. The SMILES string of the molecule is C=C1c2c(cc(C)cc2-c2ccccc2)C(OCc2ccccc2)=C(C(=O)OC)N1/N=C\C. The lowest BCUT2D eigenvalue weighted by atomic mass is 9.88. The lowest BCUT2D eigenvalue weighted by molar-refractivity contribution is -0.137. The fourth-order valence-corrected chi connectivity index (χ4v) is 3.98. The van der Waals surface area contributed by atoms with E-state index in [4.69, 9.17) is 9.47 Å². The topological polar surface area (TPSA) is 51.1 Å². The Hall–Kier alpha value is -4.12. The maximum Gasteiger partial charge on any atom is 0.360 e. The zero-order valence-corrected chi connectivity index (χ0v) is 19.0. The molecule has 0 saturated heterocycles. The van der Waals surface area contributed by atoms with Crippen molar-refractivity contribution in [3.05, 3.63) is 107 Å². The summed E-state index contributed by atoms with van der Waals surface area (Å²) in [5, 5.41) is 5.96. The summed E-state index contributed by atoms with van der Waals surface area (Å²) in [7, 11) is 1.35. The Labute approximate surface area is 194 Å². The quantitative estimate of drug-likeness (QED) is 0.349. The first kappa shape index (κ1) is 22.1. The van der Waals surface area contributed by atoms with Crippen LogP contribution in [0.15, 0.2) is 90.2 Å². The van der Waals surface area contributed by atoms with Gasteiger partial charge in [0, 0.05) is 17.3 Å². The number of aryl methyl sites for hydroxylation is 1. The summed E-state index contributed by atoms with van der Waals surface area (Å²) in [4.78, 5) is 13.0. The van der Waals surface area contributed by atoms with Crippen LogP contribution in [0.25, 0.3) is 22.6 Å². The Morgan fingerprint density at radius 2 is 1.67 bits per heavy atom. The summed E-state index contributed by atoms with van der Waals surface area (Å²) in [5.74, 6) is -0.127. The monoisotopic (exact) mass is 438 g/mol. The molecule has 0 unspecified atom stereocenters. The molecular weight excluding hydrogens is 412 g/mol. The van der Waals surface area contributed by atoms with Crippen LogP contribution < -0.4 is 0 Å². The lowest BCUT2D eigenvalue weighted by Gasteiger charge is -2.33. The number of hydrazone groups is 1. The molecule has 1 aliphatic heterocycles. The average Bonchev–Trinajstić information content (AvgIpc) is 2.85. The van der Waals surface area contributed by atoms with Crippen LogP contribution in [0.3, 0.4) is 0 Å². The van der Waals surface area contributed by atoms with Gasteiger partial charge in [0.25, 0.3) is 0 Å². The normalized spacial score (nSPS) is 13.3. The molecule has 33 heavy (non-hydrogen) atoms. The maximum absolute atomic E-state index is 13.0. The summed E-state index contributed by atoms with van der Waals surface area (Å²) in [6, 6.07) is 24.1. The van der Waals surface area contributed by atoms with Crippen molar-refractivity contribution in [2.75, 3.05) is 7.11 Å². The van der Waals surface area contributed by atoms with Gasteiger partial charge in [0.15, 0.2) is 11.5 Å². The second kappa shape index (κ2) is 9.57. The van der Waals surface area contributed by atoms with Crippen LogP contribution in [-0.4, -0.2) is 24.3 Å². The number of carbonyl (C=O) groups is 1. The standard InChI is InChI=1S/C28H26N2O3/c1-5-29-30-20(3)25-23(22-14-10-7-11-15-22)16-19(2)17-24(25)27(26(30)28(31)32-4)33-18-21-12-8-6-9-13-21/h5-17H,3,18H2,1-2,4H3/b29-5-. The molecule has 0 aliphatic carbocycles. The summed E-state index contributed by atoms with van der Waals surface area (Å²) >= 11 is 0. The second-order valence-corrected chi connectivity index (χ2v) is 7.68. The van der Waals surface area contributed by atoms with Gasteiger partial charge < -0.3 is 9.47 Å². The van der Waals surface area contributed by atoms with Crippen LogP contribution in [0.5, 0.6) is 0 Å². The highest BCUT2D eigenvalue weighted by Crippen LogP contribution is 2.44. The molecule has 0 aromatic heterocycles. The van der Waals surface area contributed by atoms with E-state index in [1.807, 2.05) is 61.5 Å². The van der Waals surface area contributed by atoms with Crippen molar-refractivity contribution in [1.29, 1.82) is 0 Å². The van der Waals surface area contributed by atoms with Crippen LogP contribution >= 0.6 is 0 Å². The molecule has 0 atom stereocenters. The molecule has 4 rings (SSSR count). The van der Waals surface area contributed by atoms with E-state index in [2.05, 4.69) is 29.9 Å². The van der Waals surface area contributed by atoms with Crippen molar-refractivity contribution in [2.45, 2.75) is 20.5 Å². The van der Waals surface area contributed by atoms with Crippen LogP contribution in [0.2, 0.25) is 0 Å². The first-order valence-corrected chi connectivity index (χ1v) is 10.7. The number of carbonyl (C=O) groups excluding carboxylic acids is 1. The van der Waals surface area contributed by atoms with Crippen molar-refractivity contribution in [2.24, 2.45) is 5.10 Å². The third-order valence-corrected chi connectivity index (χ3v) is 5.42. The van der Waals surface area contributed by atoms with Crippen molar-refractivity contribution < 1.29 is 14.3 Å². The molecule has 0 radical (unpaired) electrons. The smallest absolute Gasteiger partial charge is 0.360 e. The summed E-state index contributed by atoms with van der Waals surface area (Å²) in [5.41, 5.74) is 6.51. The fourth-order valence-electron chi connectivity index (χ4n) is 3.98. The number of hydrogen-bond donors (Lipinski definition) is 0. The number of rotatable bonds is 6. The number of fused-ring (bicyclic) bond motifs is 1. The molecule has 0 spiro atoms. The number of benzene rings is 3. The molecule has 1 heterocycles. The third kappa shape index (κ3) is 4.30. The van der Waals surface area contributed by atoms with Crippen molar-refractivity contribution >= 4 is 23.6 Å². The highest BCUT2D eigenvalue weighted by molar-refractivity contribution is 6.03. The predicted octanol–water partition coefficient (Wildman–Crippen LogP) is 6.01. The number of hydrogen-bond acceptors (Lipinski definition) is 5. The minimum Gasteiger partial charge on any atom is -0.486 e. The van der Waals surface area contributed by atoms with Gasteiger partial charge in [-0.2, -0.15) is 5.10 Å². The first-order chi connectivity index (χ1) is 16.0. The molecule has 5 nitrogen and oxygen atoms in total. The molecule has 166 valence electrons. The Morgan fingerprint density at radius 1 is 1.03 bits per heavy atom. The van der Waals surface area contributed by atoms with Gasteiger partial charge >= 0.3 is 5.97 Å². The Morgan fingerprint density at radius 3 is 2.30 bits per heavy atom. The maximum atomic E-state index is 13.0. The van der Waals surface area contributed by atoms with E-state index in [1.54, 1.807) is 13.1 Å². The summed E-state index contributed by atoms with van der Waals surface area (Å²) in [6.45, 7) is 8.41. The minimum atomic E-state index is -0.543. The lowest BCUT2D eigenvalue weighted by Crippen LogP contribution is -2.29. The largest absolute Gasteiger partial charge is 0.486 e. The molecule has 0 saturated carbocycles. The molecule has 0 amide bonds. The van der Waals surface area contributed by atoms with E-state index < -0.39 is 5.97 Å². The highest BCUT2D eigenvalue weighted by Gasteiger charge is 2.36. The van der Waals surface area contributed by atoms with Gasteiger partial charge in [-0.25, -0.2) is 9.80 Å². The van der Waals surface area contributed by atoms with Gasteiger partial charge in [0.05, 0.1) is 12.8 Å².